The van der Waals surface area contributed by atoms with Crippen LogP contribution in [0.2, 0.25) is 0 Å². The molecule has 156 valence electrons. The molecular weight excluding hydrogens is 351 g/mol. The summed E-state index contributed by atoms with van der Waals surface area (Å²) in [4.78, 5) is 12.3. The lowest BCUT2D eigenvalue weighted by Gasteiger charge is -2.19. The van der Waals surface area contributed by atoms with Crippen LogP contribution in [0.1, 0.15) is 97.3 Å². The minimum Gasteiger partial charge on any atom is -0.308 e. The summed E-state index contributed by atoms with van der Waals surface area (Å²) in [5.41, 5.74) is 1.52. The molecule has 0 aromatic heterocycles. The third-order valence-corrected chi connectivity index (χ3v) is 5.28. The maximum Gasteiger partial charge on any atom is 0.471 e. The molecule has 1 heterocycles. The number of carbonyl (C=O) groups excluding carboxylic acids is 1. The molecule has 0 saturated carbocycles. The Labute approximate surface area is 162 Å². The molecule has 0 saturated heterocycles. The molecule has 0 atom stereocenters. The Morgan fingerprint density at radius 2 is 1.52 bits per heavy atom. The number of alkyl halides is 3. The molecule has 0 aliphatic carbocycles. The van der Waals surface area contributed by atoms with Gasteiger partial charge in [-0.15, -0.1) is 0 Å². The lowest BCUT2D eigenvalue weighted by atomic mass is 10.0. The maximum absolute atomic E-state index is 12.6. The average Bonchev–Trinajstić information content (AvgIpc) is 2.98. The van der Waals surface area contributed by atoms with E-state index in [1.165, 1.54) is 44.9 Å². The van der Waals surface area contributed by atoms with E-state index in [2.05, 4.69) is 19.1 Å². The van der Waals surface area contributed by atoms with E-state index < -0.39 is 12.1 Å². The largest absolute Gasteiger partial charge is 0.471 e. The Balaban J connectivity index is 2.08. The van der Waals surface area contributed by atoms with E-state index in [0.29, 0.717) is 12.1 Å². The number of allylic oxidation sites excluding steroid dienone is 3. The molecule has 0 unspecified atom stereocenters. The zero-order chi connectivity index (χ0) is 20.1. The fraction of sp³-hybridized carbons (Fsp3) is 0.773. The highest BCUT2D eigenvalue weighted by Gasteiger charge is 2.44. The first kappa shape index (κ1) is 23.8. The van der Waals surface area contributed by atoms with Crippen LogP contribution in [-0.4, -0.2) is 23.5 Å². The van der Waals surface area contributed by atoms with Gasteiger partial charge in [-0.25, -0.2) is 0 Å². The van der Waals surface area contributed by atoms with Gasteiger partial charge >= 0.3 is 12.1 Å². The Hall–Kier alpha value is -1.26. The topological polar surface area (TPSA) is 20.3 Å². The van der Waals surface area contributed by atoms with Gasteiger partial charge in [-0.05, 0) is 57.4 Å². The number of amides is 1. The fourth-order valence-electron chi connectivity index (χ4n) is 3.55. The Morgan fingerprint density at radius 3 is 2.07 bits per heavy atom. The standard InChI is InChI=1S/C22H36F3NO/c1-3-4-5-6-7-8-9-10-11-12-13-14-15-16-20-17-18-26(19(20)2)21(27)22(23,24)25/h9-10H,3-8,11-18H2,1-2H3. The van der Waals surface area contributed by atoms with Crippen LogP contribution >= 0.6 is 0 Å². The molecule has 1 amide bonds. The third kappa shape index (κ3) is 9.48. The lowest BCUT2D eigenvalue weighted by Crippen LogP contribution is -2.38. The first-order chi connectivity index (χ1) is 12.9. The Morgan fingerprint density at radius 1 is 0.963 bits per heavy atom. The van der Waals surface area contributed by atoms with Crippen molar-refractivity contribution in [3.05, 3.63) is 23.4 Å². The number of halogens is 3. The number of unbranched alkanes of at least 4 members (excludes halogenated alkanes) is 9. The molecule has 0 radical (unpaired) electrons. The van der Waals surface area contributed by atoms with Gasteiger partial charge < -0.3 is 4.90 Å². The van der Waals surface area contributed by atoms with Crippen molar-refractivity contribution < 1.29 is 18.0 Å². The predicted molar refractivity (Wildman–Crippen MR) is 105 cm³/mol. The first-order valence-electron chi connectivity index (χ1n) is 10.6. The SMILES string of the molecule is CCCCCCCC=CCCCCCCC1=C(C)N(C(=O)C(F)(F)F)CC1. The highest BCUT2D eigenvalue weighted by atomic mass is 19.4. The molecule has 0 bridgehead atoms. The van der Waals surface area contributed by atoms with Crippen molar-refractivity contribution in [1.82, 2.24) is 4.90 Å². The first-order valence-corrected chi connectivity index (χ1v) is 10.6. The molecule has 0 N–H and O–H groups in total. The van der Waals surface area contributed by atoms with E-state index in [4.69, 9.17) is 0 Å². The van der Waals surface area contributed by atoms with Crippen molar-refractivity contribution in [2.45, 2.75) is 103 Å². The maximum atomic E-state index is 12.6. The summed E-state index contributed by atoms with van der Waals surface area (Å²) in [5, 5.41) is 0. The molecule has 27 heavy (non-hydrogen) atoms. The fourth-order valence-corrected chi connectivity index (χ4v) is 3.55. The van der Waals surface area contributed by atoms with Gasteiger partial charge in [-0.3, -0.25) is 4.79 Å². The molecule has 5 heteroatoms. The van der Waals surface area contributed by atoms with Crippen LogP contribution in [0, 0.1) is 0 Å². The van der Waals surface area contributed by atoms with Crippen molar-refractivity contribution >= 4 is 5.91 Å². The van der Waals surface area contributed by atoms with Crippen LogP contribution in [0.5, 0.6) is 0 Å². The van der Waals surface area contributed by atoms with Gasteiger partial charge in [0.05, 0.1) is 0 Å². The molecule has 0 aromatic rings. The third-order valence-electron chi connectivity index (χ3n) is 5.28. The summed E-state index contributed by atoms with van der Waals surface area (Å²) >= 11 is 0. The summed E-state index contributed by atoms with van der Waals surface area (Å²) in [6.45, 7) is 4.04. The van der Waals surface area contributed by atoms with Gasteiger partial charge in [-0.1, -0.05) is 57.6 Å². The lowest BCUT2D eigenvalue weighted by molar-refractivity contribution is -0.182. The summed E-state index contributed by atoms with van der Waals surface area (Å²) in [6.07, 6.45) is 14.5. The predicted octanol–water partition coefficient (Wildman–Crippen LogP) is 7.31. The van der Waals surface area contributed by atoms with Crippen molar-refractivity contribution in [3.8, 4) is 0 Å². The van der Waals surface area contributed by atoms with Crippen LogP contribution in [0.25, 0.3) is 0 Å². The number of rotatable bonds is 13. The van der Waals surface area contributed by atoms with E-state index in [-0.39, 0.29) is 6.54 Å². The van der Waals surface area contributed by atoms with E-state index in [9.17, 15) is 18.0 Å². The van der Waals surface area contributed by atoms with Crippen molar-refractivity contribution in [2.24, 2.45) is 0 Å². The van der Waals surface area contributed by atoms with Gasteiger partial charge in [0.15, 0.2) is 0 Å². The van der Waals surface area contributed by atoms with Crippen LogP contribution in [-0.2, 0) is 4.79 Å². The molecule has 1 rings (SSSR count). The van der Waals surface area contributed by atoms with Crippen LogP contribution in [0.3, 0.4) is 0 Å². The van der Waals surface area contributed by atoms with Gasteiger partial charge in [-0.2, -0.15) is 13.2 Å². The summed E-state index contributed by atoms with van der Waals surface area (Å²) in [5.74, 6) is -1.73. The quantitative estimate of drug-likeness (QED) is 0.240. The van der Waals surface area contributed by atoms with E-state index >= 15 is 0 Å². The second-order valence-corrected chi connectivity index (χ2v) is 7.52. The Kier molecular flexibility index (Phi) is 11.5. The zero-order valence-electron chi connectivity index (χ0n) is 17.0. The second kappa shape index (κ2) is 13.0. The average molecular weight is 388 g/mol. The molecule has 1 aliphatic heterocycles. The number of hydrogen-bond donors (Lipinski definition) is 0. The van der Waals surface area contributed by atoms with Crippen molar-refractivity contribution in [2.75, 3.05) is 6.54 Å². The second-order valence-electron chi connectivity index (χ2n) is 7.52. The van der Waals surface area contributed by atoms with Crippen molar-refractivity contribution in [3.63, 3.8) is 0 Å². The minimum atomic E-state index is -4.78. The van der Waals surface area contributed by atoms with Crippen LogP contribution in [0.15, 0.2) is 23.4 Å². The van der Waals surface area contributed by atoms with Gasteiger partial charge in [0.25, 0.3) is 0 Å². The van der Waals surface area contributed by atoms with E-state index in [1.807, 2.05) is 0 Å². The highest BCUT2D eigenvalue weighted by molar-refractivity contribution is 5.84. The normalized spacial score (nSPS) is 15.4. The van der Waals surface area contributed by atoms with Gasteiger partial charge in [0, 0.05) is 12.2 Å². The number of hydrogen-bond acceptors (Lipinski definition) is 1. The molecule has 0 fully saturated rings. The van der Waals surface area contributed by atoms with Crippen LogP contribution < -0.4 is 0 Å². The summed E-state index contributed by atoms with van der Waals surface area (Å²) in [6, 6.07) is 0. The summed E-state index contributed by atoms with van der Waals surface area (Å²) in [7, 11) is 0. The molecule has 0 aromatic carbocycles. The highest BCUT2D eigenvalue weighted by Crippen LogP contribution is 2.31. The van der Waals surface area contributed by atoms with Crippen LogP contribution in [0.4, 0.5) is 13.2 Å². The minimum absolute atomic E-state index is 0.169. The molecule has 2 nitrogen and oxygen atoms in total. The Bertz CT molecular complexity index is 494. The van der Waals surface area contributed by atoms with Gasteiger partial charge in [0.2, 0.25) is 0 Å². The molecule has 0 spiro atoms. The number of carbonyl (C=O) groups is 1. The molecule has 1 aliphatic rings. The smallest absolute Gasteiger partial charge is 0.308 e. The van der Waals surface area contributed by atoms with Crippen molar-refractivity contribution in [1.29, 1.82) is 0 Å². The van der Waals surface area contributed by atoms with E-state index in [1.54, 1.807) is 6.92 Å². The zero-order valence-corrected chi connectivity index (χ0v) is 17.0. The molecular formula is C22H36F3NO. The van der Waals surface area contributed by atoms with E-state index in [0.717, 1.165) is 42.6 Å². The summed E-state index contributed by atoms with van der Waals surface area (Å²) < 4.78 is 37.7. The number of nitrogens with zero attached hydrogens (tertiary/aromatic N) is 1. The monoisotopic (exact) mass is 387 g/mol. The van der Waals surface area contributed by atoms with Gasteiger partial charge in [0.1, 0.15) is 0 Å².